The highest BCUT2D eigenvalue weighted by Gasteiger charge is 2.01. The average Bonchev–Trinajstić information content (AvgIpc) is 2.05. The first-order chi connectivity index (χ1) is 5.24. The molecule has 1 unspecified atom stereocenters. The largest absolute Gasteiger partial charge is 0.311 e. The van der Waals surface area contributed by atoms with Gasteiger partial charge in [-0.15, -0.1) is 0 Å². The average molecular weight is 155 g/mol. The van der Waals surface area contributed by atoms with Crippen LogP contribution in [0.4, 0.5) is 4.39 Å². The lowest BCUT2D eigenvalue weighted by molar-refractivity contribution is 0.572. The van der Waals surface area contributed by atoms with Crippen molar-refractivity contribution >= 4 is 0 Å². The molecule has 1 aromatic rings. The molecule has 0 aliphatic heterocycles. The lowest BCUT2D eigenvalue weighted by Gasteiger charge is -2.08. The van der Waals surface area contributed by atoms with Crippen LogP contribution >= 0.6 is 0 Å². The highest BCUT2D eigenvalue weighted by atomic mass is 19.1. The van der Waals surface area contributed by atoms with E-state index in [1.807, 2.05) is 0 Å². The molecule has 0 amide bonds. The predicted octanol–water partition coefficient (Wildman–Crippen LogP) is 0.246. The molecule has 11 heavy (non-hydrogen) atoms. The molecule has 0 aromatic heterocycles. The maximum absolute atomic E-state index is 12.4. The van der Waals surface area contributed by atoms with Gasteiger partial charge in [0.25, 0.3) is 0 Å². The molecular weight excluding hydrogens is 145 g/mol. The van der Waals surface area contributed by atoms with E-state index in [2.05, 4.69) is 5.43 Å². The molecule has 0 heterocycles. The Kier molecular flexibility index (Phi) is 2.53. The number of nitrogens with one attached hydrogen (secondary N) is 1. The van der Waals surface area contributed by atoms with Crippen LogP contribution in [0.3, 0.4) is 0 Å². The summed E-state index contributed by atoms with van der Waals surface area (Å²) >= 11 is 0. The molecular formula is C7H10FN3. The van der Waals surface area contributed by atoms with E-state index >= 15 is 0 Å². The van der Waals surface area contributed by atoms with Crippen LogP contribution in [0.5, 0.6) is 0 Å². The monoisotopic (exact) mass is 155 g/mol. The molecule has 3 nitrogen and oxygen atoms in total. The minimum absolute atomic E-state index is 0.280. The molecule has 0 spiro atoms. The van der Waals surface area contributed by atoms with Crippen LogP contribution in [0.15, 0.2) is 24.3 Å². The van der Waals surface area contributed by atoms with Gasteiger partial charge in [0, 0.05) is 0 Å². The van der Waals surface area contributed by atoms with Crippen LogP contribution in [0.2, 0.25) is 0 Å². The second-order valence-corrected chi connectivity index (χ2v) is 2.20. The van der Waals surface area contributed by atoms with E-state index in [1.54, 1.807) is 12.1 Å². The van der Waals surface area contributed by atoms with E-state index in [0.717, 1.165) is 5.56 Å². The van der Waals surface area contributed by atoms with E-state index in [0.29, 0.717) is 0 Å². The zero-order valence-corrected chi connectivity index (χ0v) is 5.92. The molecule has 1 atom stereocenters. The van der Waals surface area contributed by atoms with Crippen LogP contribution in [-0.2, 0) is 0 Å². The van der Waals surface area contributed by atoms with E-state index in [-0.39, 0.29) is 5.82 Å². The highest BCUT2D eigenvalue weighted by Crippen LogP contribution is 2.06. The zero-order chi connectivity index (χ0) is 8.27. The van der Waals surface area contributed by atoms with Crippen molar-refractivity contribution in [2.24, 2.45) is 11.6 Å². The van der Waals surface area contributed by atoms with Crippen molar-refractivity contribution in [3.05, 3.63) is 35.6 Å². The summed E-state index contributed by atoms with van der Waals surface area (Å²) in [7, 11) is 0. The SMILES string of the molecule is NNC(N)c1ccc(F)cc1. The van der Waals surface area contributed by atoms with Crippen molar-refractivity contribution < 1.29 is 4.39 Å². The first kappa shape index (κ1) is 8.13. The summed E-state index contributed by atoms with van der Waals surface area (Å²) in [5.74, 6) is 4.79. The second-order valence-electron chi connectivity index (χ2n) is 2.20. The van der Waals surface area contributed by atoms with E-state index in [4.69, 9.17) is 11.6 Å². The summed E-state index contributed by atoms with van der Waals surface area (Å²) < 4.78 is 12.4. The number of hydrogen-bond acceptors (Lipinski definition) is 3. The maximum atomic E-state index is 12.4. The normalized spacial score (nSPS) is 13.0. The standard InChI is InChI=1S/C7H10FN3/c8-6-3-1-5(2-4-6)7(9)11-10/h1-4,7,11H,9-10H2. The topological polar surface area (TPSA) is 64.1 Å². The van der Waals surface area contributed by atoms with Gasteiger partial charge >= 0.3 is 0 Å². The lowest BCUT2D eigenvalue weighted by Crippen LogP contribution is -2.33. The molecule has 0 bridgehead atoms. The first-order valence-corrected chi connectivity index (χ1v) is 3.21. The van der Waals surface area contributed by atoms with Gasteiger partial charge in [-0.3, -0.25) is 5.84 Å². The Balaban J connectivity index is 2.81. The summed E-state index contributed by atoms with van der Waals surface area (Å²) in [6.07, 6.45) is -0.435. The summed E-state index contributed by atoms with van der Waals surface area (Å²) in [5, 5.41) is 0. The number of hydrazine groups is 1. The van der Waals surface area contributed by atoms with Gasteiger partial charge in [0.15, 0.2) is 0 Å². The Bertz CT molecular complexity index is 222. The van der Waals surface area contributed by atoms with Gasteiger partial charge in [0.05, 0.1) is 6.17 Å². The molecule has 0 fully saturated rings. The van der Waals surface area contributed by atoms with Crippen LogP contribution in [0, 0.1) is 5.82 Å². The fraction of sp³-hybridized carbons (Fsp3) is 0.143. The van der Waals surface area contributed by atoms with Crippen molar-refractivity contribution in [1.29, 1.82) is 0 Å². The third-order valence-corrected chi connectivity index (χ3v) is 1.41. The highest BCUT2D eigenvalue weighted by molar-refractivity contribution is 5.18. The fourth-order valence-electron chi connectivity index (χ4n) is 0.766. The Labute approximate surface area is 64.2 Å². The third-order valence-electron chi connectivity index (χ3n) is 1.41. The van der Waals surface area contributed by atoms with Gasteiger partial charge in [-0.05, 0) is 17.7 Å². The Morgan fingerprint density at radius 2 is 1.82 bits per heavy atom. The molecule has 0 saturated heterocycles. The molecule has 0 saturated carbocycles. The van der Waals surface area contributed by atoms with Crippen molar-refractivity contribution in [3.63, 3.8) is 0 Å². The van der Waals surface area contributed by atoms with Crippen LogP contribution in [0.1, 0.15) is 11.7 Å². The first-order valence-electron chi connectivity index (χ1n) is 3.21. The molecule has 4 heteroatoms. The quantitative estimate of drug-likeness (QED) is 0.326. The van der Waals surface area contributed by atoms with Gasteiger partial charge in [-0.2, -0.15) is 0 Å². The summed E-state index contributed by atoms with van der Waals surface area (Å²) in [6.45, 7) is 0. The van der Waals surface area contributed by atoms with Gasteiger partial charge in [0.2, 0.25) is 0 Å². The lowest BCUT2D eigenvalue weighted by atomic mass is 10.2. The maximum Gasteiger partial charge on any atom is 0.123 e. The Hall–Kier alpha value is -0.970. The van der Waals surface area contributed by atoms with E-state index in [9.17, 15) is 4.39 Å². The molecule has 60 valence electrons. The van der Waals surface area contributed by atoms with Crippen molar-refractivity contribution in [2.75, 3.05) is 0 Å². The Morgan fingerprint density at radius 1 is 1.27 bits per heavy atom. The van der Waals surface area contributed by atoms with Gasteiger partial charge in [-0.25, -0.2) is 9.82 Å². The number of rotatable bonds is 2. The zero-order valence-electron chi connectivity index (χ0n) is 5.92. The van der Waals surface area contributed by atoms with Crippen molar-refractivity contribution in [2.45, 2.75) is 6.17 Å². The molecule has 0 radical (unpaired) electrons. The molecule has 1 rings (SSSR count). The van der Waals surface area contributed by atoms with Crippen LogP contribution < -0.4 is 17.0 Å². The third kappa shape index (κ3) is 1.98. The predicted molar refractivity (Wildman–Crippen MR) is 40.7 cm³/mol. The van der Waals surface area contributed by atoms with Crippen LogP contribution in [-0.4, -0.2) is 0 Å². The molecule has 0 aliphatic rings. The molecule has 0 aliphatic carbocycles. The van der Waals surface area contributed by atoms with Crippen molar-refractivity contribution in [3.8, 4) is 0 Å². The number of nitrogens with two attached hydrogens (primary N) is 2. The summed E-state index contributed by atoms with van der Waals surface area (Å²) in [6, 6.07) is 5.85. The van der Waals surface area contributed by atoms with E-state index < -0.39 is 6.17 Å². The van der Waals surface area contributed by atoms with E-state index in [1.165, 1.54) is 12.1 Å². The Morgan fingerprint density at radius 3 is 2.27 bits per heavy atom. The minimum Gasteiger partial charge on any atom is -0.311 e. The number of benzene rings is 1. The second kappa shape index (κ2) is 3.43. The molecule has 1 aromatic carbocycles. The number of halogens is 1. The fourth-order valence-corrected chi connectivity index (χ4v) is 0.766. The minimum atomic E-state index is -0.435. The van der Waals surface area contributed by atoms with Gasteiger partial charge in [-0.1, -0.05) is 12.1 Å². The smallest absolute Gasteiger partial charge is 0.123 e. The summed E-state index contributed by atoms with van der Waals surface area (Å²) in [4.78, 5) is 0. The van der Waals surface area contributed by atoms with Crippen LogP contribution in [0.25, 0.3) is 0 Å². The molecule has 5 N–H and O–H groups in total. The van der Waals surface area contributed by atoms with Gasteiger partial charge in [0.1, 0.15) is 5.82 Å². The number of hydrogen-bond donors (Lipinski definition) is 3. The van der Waals surface area contributed by atoms with Crippen molar-refractivity contribution in [1.82, 2.24) is 5.43 Å². The van der Waals surface area contributed by atoms with Gasteiger partial charge < -0.3 is 5.73 Å². The summed E-state index contributed by atoms with van der Waals surface area (Å²) in [5.41, 5.74) is 8.60.